The first-order valence-electron chi connectivity index (χ1n) is 14.3. The van der Waals surface area contributed by atoms with Crippen molar-refractivity contribution in [1.82, 2.24) is 4.57 Å². The number of carboxylic acid groups (broad SMARTS) is 1. The summed E-state index contributed by atoms with van der Waals surface area (Å²) in [4.78, 5) is 23.2. The molecule has 0 bridgehead atoms. The molecule has 0 saturated heterocycles. The van der Waals surface area contributed by atoms with E-state index >= 15 is 0 Å². The molecular formula is C35H32N2O6. The second-order valence-corrected chi connectivity index (χ2v) is 11.3. The lowest BCUT2D eigenvalue weighted by molar-refractivity contribution is -0.137. The highest BCUT2D eigenvalue weighted by Gasteiger charge is 2.31. The summed E-state index contributed by atoms with van der Waals surface area (Å²) in [6.45, 7) is 4.69. The molecule has 1 aliphatic heterocycles. The van der Waals surface area contributed by atoms with Crippen molar-refractivity contribution < 1.29 is 24.1 Å². The lowest BCUT2D eigenvalue weighted by Gasteiger charge is -2.19. The number of hydrogen-bond acceptors (Lipinski definition) is 6. The van der Waals surface area contributed by atoms with Gasteiger partial charge in [-0.25, -0.2) is 0 Å². The van der Waals surface area contributed by atoms with E-state index in [-0.39, 0.29) is 30.6 Å². The number of pyridine rings is 1. The SMILES string of the molecule is Cc1cc(OCc2ccn(C)c(=O)c2)cc(C)c1-c1c(C#N)ccc2c1CC[C@H]2Oc1ccc2c(c1)OC[C@H]2CC(=O)O. The summed E-state index contributed by atoms with van der Waals surface area (Å²) in [5.41, 5.74) is 8.37. The fourth-order valence-electron chi connectivity index (χ4n) is 6.29. The number of carbonyl (C=O) groups is 1. The molecule has 8 heteroatoms. The Kier molecular flexibility index (Phi) is 7.41. The minimum Gasteiger partial charge on any atom is -0.492 e. The fourth-order valence-corrected chi connectivity index (χ4v) is 6.29. The van der Waals surface area contributed by atoms with Gasteiger partial charge >= 0.3 is 5.97 Å². The summed E-state index contributed by atoms with van der Waals surface area (Å²) in [5, 5.41) is 19.3. The first-order chi connectivity index (χ1) is 20.7. The van der Waals surface area contributed by atoms with Crippen LogP contribution in [0, 0.1) is 25.2 Å². The minimum absolute atomic E-state index is 0.0351. The van der Waals surface area contributed by atoms with Gasteiger partial charge in [0.2, 0.25) is 0 Å². The smallest absolute Gasteiger partial charge is 0.304 e. The molecule has 2 atom stereocenters. The van der Waals surface area contributed by atoms with Crippen LogP contribution in [-0.2, 0) is 24.9 Å². The third-order valence-electron chi connectivity index (χ3n) is 8.37. The molecule has 1 aromatic heterocycles. The number of nitrogens with zero attached hydrogens (tertiary/aromatic N) is 2. The maximum atomic E-state index is 12.0. The molecule has 3 aromatic carbocycles. The van der Waals surface area contributed by atoms with Gasteiger partial charge < -0.3 is 23.9 Å². The average molecular weight is 577 g/mol. The maximum Gasteiger partial charge on any atom is 0.304 e. The van der Waals surface area contributed by atoms with Crippen LogP contribution in [0.5, 0.6) is 17.2 Å². The summed E-state index contributed by atoms with van der Waals surface area (Å²) in [7, 11) is 1.71. The Hall–Kier alpha value is -5.03. The second-order valence-electron chi connectivity index (χ2n) is 11.3. The van der Waals surface area contributed by atoms with Crippen LogP contribution >= 0.6 is 0 Å². The molecule has 218 valence electrons. The maximum absolute atomic E-state index is 12.0. The third kappa shape index (κ3) is 5.46. The Morgan fingerprint density at radius 3 is 2.53 bits per heavy atom. The molecule has 43 heavy (non-hydrogen) atoms. The fraction of sp³-hybridized carbons (Fsp3) is 0.286. The number of rotatable bonds is 8. The van der Waals surface area contributed by atoms with Crippen LogP contribution in [0.4, 0.5) is 0 Å². The lowest BCUT2D eigenvalue weighted by Crippen LogP contribution is -2.15. The number of carboxylic acids is 1. The summed E-state index contributed by atoms with van der Waals surface area (Å²) in [6.07, 6.45) is 3.12. The van der Waals surface area contributed by atoms with E-state index in [4.69, 9.17) is 14.2 Å². The predicted octanol–water partition coefficient (Wildman–Crippen LogP) is 6.14. The van der Waals surface area contributed by atoms with Gasteiger partial charge in [0.15, 0.2) is 0 Å². The number of hydrogen-bond donors (Lipinski definition) is 1. The Morgan fingerprint density at radius 1 is 1.05 bits per heavy atom. The van der Waals surface area contributed by atoms with E-state index in [1.54, 1.807) is 19.3 Å². The van der Waals surface area contributed by atoms with Gasteiger partial charge in [-0.2, -0.15) is 5.26 Å². The number of fused-ring (bicyclic) bond motifs is 2. The number of aliphatic carboxylic acids is 1. The lowest BCUT2D eigenvalue weighted by atomic mass is 9.87. The number of benzene rings is 3. The van der Waals surface area contributed by atoms with Crippen LogP contribution in [0.15, 0.2) is 65.6 Å². The van der Waals surface area contributed by atoms with E-state index in [0.717, 1.165) is 57.3 Å². The highest BCUT2D eigenvalue weighted by Crippen LogP contribution is 2.45. The van der Waals surface area contributed by atoms with Gasteiger partial charge in [0.05, 0.1) is 24.7 Å². The van der Waals surface area contributed by atoms with Gasteiger partial charge in [-0.15, -0.1) is 0 Å². The minimum atomic E-state index is -0.843. The molecule has 1 aliphatic carbocycles. The van der Waals surface area contributed by atoms with Crippen molar-refractivity contribution in [2.45, 2.75) is 51.7 Å². The quantitative estimate of drug-likeness (QED) is 0.268. The number of aromatic nitrogens is 1. The standard InChI is InChI=1S/C35H32N2O6/c1-20-12-26(41-18-22-10-11-37(3)32(38)14-22)13-21(2)34(20)35-23(17-36)4-6-28-29(35)8-9-30(28)43-25-5-7-27-24(15-33(39)40)19-42-31(27)16-25/h4-7,10-14,16,24,30H,8-9,15,18-19H2,1-3H3,(H,39,40)/t24-,30-/m1/s1. The third-order valence-corrected chi connectivity index (χ3v) is 8.37. The summed E-state index contributed by atoms with van der Waals surface area (Å²) >= 11 is 0. The van der Waals surface area contributed by atoms with Crippen LogP contribution in [0.1, 0.15) is 63.8 Å². The van der Waals surface area contributed by atoms with E-state index in [9.17, 15) is 20.0 Å². The number of aryl methyl sites for hydroxylation is 3. The first kappa shape index (κ1) is 28.1. The van der Waals surface area contributed by atoms with Crippen LogP contribution < -0.4 is 19.8 Å². The van der Waals surface area contributed by atoms with E-state index < -0.39 is 5.97 Å². The van der Waals surface area contributed by atoms with Crippen molar-refractivity contribution in [3.63, 3.8) is 0 Å². The normalized spacial score (nSPS) is 16.6. The van der Waals surface area contributed by atoms with Crippen molar-refractivity contribution in [2.24, 2.45) is 7.05 Å². The van der Waals surface area contributed by atoms with Crippen molar-refractivity contribution in [3.8, 4) is 34.4 Å². The van der Waals surface area contributed by atoms with Crippen molar-refractivity contribution in [2.75, 3.05) is 6.61 Å². The molecule has 0 spiro atoms. The van der Waals surface area contributed by atoms with Gasteiger partial charge in [0, 0.05) is 42.4 Å². The van der Waals surface area contributed by atoms with Crippen LogP contribution in [0.2, 0.25) is 0 Å². The molecule has 6 rings (SSSR count). The van der Waals surface area contributed by atoms with Gasteiger partial charge in [-0.05, 0) is 90.4 Å². The first-order valence-corrected chi connectivity index (χ1v) is 14.3. The van der Waals surface area contributed by atoms with Crippen molar-refractivity contribution in [3.05, 3.63) is 110 Å². The van der Waals surface area contributed by atoms with E-state index in [0.29, 0.717) is 29.4 Å². The van der Waals surface area contributed by atoms with Gasteiger partial charge in [0.25, 0.3) is 5.56 Å². The molecule has 0 saturated carbocycles. The van der Waals surface area contributed by atoms with Gasteiger partial charge in [-0.1, -0.05) is 12.1 Å². The van der Waals surface area contributed by atoms with E-state index in [1.807, 2.05) is 62.4 Å². The van der Waals surface area contributed by atoms with E-state index in [1.165, 1.54) is 4.57 Å². The van der Waals surface area contributed by atoms with Crippen LogP contribution in [0.3, 0.4) is 0 Å². The van der Waals surface area contributed by atoms with Gasteiger partial charge in [0.1, 0.15) is 30.0 Å². The predicted molar refractivity (Wildman–Crippen MR) is 161 cm³/mol. The van der Waals surface area contributed by atoms with E-state index in [2.05, 4.69) is 6.07 Å². The highest BCUT2D eigenvalue weighted by molar-refractivity contribution is 5.81. The zero-order valence-corrected chi connectivity index (χ0v) is 24.3. The summed E-state index contributed by atoms with van der Waals surface area (Å²) in [5.74, 6) is 1.05. The topological polar surface area (TPSA) is 111 Å². The molecule has 4 aromatic rings. The molecule has 8 nitrogen and oxygen atoms in total. The van der Waals surface area contributed by atoms with Gasteiger partial charge in [-0.3, -0.25) is 9.59 Å². The Bertz CT molecular complexity index is 1830. The van der Waals surface area contributed by atoms with Crippen molar-refractivity contribution >= 4 is 5.97 Å². The molecule has 0 fully saturated rings. The largest absolute Gasteiger partial charge is 0.492 e. The van der Waals surface area contributed by atoms with Crippen molar-refractivity contribution in [1.29, 1.82) is 5.26 Å². The average Bonchev–Trinajstić information content (AvgIpc) is 3.56. The van der Waals surface area contributed by atoms with Crippen LogP contribution in [0.25, 0.3) is 11.1 Å². The second kappa shape index (κ2) is 11.3. The monoisotopic (exact) mass is 576 g/mol. The molecule has 2 heterocycles. The molecule has 2 aliphatic rings. The Balaban J connectivity index is 1.26. The molecule has 1 N–H and O–H groups in total. The molecule has 0 amide bonds. The molecule has 0 radical (unpaired) electrons. The summed E-state index contributed by atoms with van der Waals surface area (Å²) < 4.78 is 19.8. The summed E-state index contributed by atoms with van der Waals surface area (Å²) in [6, 6.07) is 19.3. The Morgan fingerprint density at radius 2 is 1.81 bits per heavy atom. The number of nitriles is 1. The molecule has 0 unspecified atom stereocenters. The zero-order chi connectivity index (χ0) is 30.2. The highest BCUT2D eigenvalue weighted by atomic mass is 16.5. The Labute approximate surface area is 249 Å². The molecular weight excluding hydrogens is 544 g/mol. The number of ether oxygens (including phenoxy) is 3. The van der Waals surface area contributed by atoms with Crippen LogP contribution in [-0.4, -0.2) is 22.2 Å². The zero-order valence-electron chi connectivity index (χ0n) is 24.3.